The normalized spacial score (nSPS) is 14.1. The van der Waals surface area contributed by atoms with E-state index in [0.29, 0.717) is 31.6 Å². The maximum Gasteiger partial charge on any atom is 0.472 e. The maximum atomic E-state index is 13.1. The van der Waals surface area contributed by atoms with Crippen molar-refractivity contribution in [2.75, 3.05) is 39.6 Å². The highest BCUT2D eigenvalue weighted by molar-refractivity contribution is 7.47. The van der Waals surface area contributed by atoms with E-state index in [9.17, 15) is 43.2 Å². The number of aliphatic hydroxyl groups is 1. The van der Waals surface area contributed by atoms with Crippen molar-refractivity contribution >= 4 is 39.5 Å². The lowest BCUT2D eigenvalue weighted by Gasteiger charge is -2.21. The van der Waals surface area contributed by atoms with E-state index in [2.05, 4.69) is 41.5 Å². The monoisotopic (exact) mass is 1370 g/mol. The van der Waals surface area contributed by atoms with Crippen LogP contribution in [-0.4, -0.2) is 96.7 Å². The Kier molecular flexibility index (Phi) is 64.6. The lowest BCUT2D eigenvalue weighted by atomic mass is 10.0. The lowest BCUT2D eigenvalue weighted by Crippen LogP contribution is -2.30. The molecule has 0 aliphatic carbocycles. The highest BCUT2D eigenvalue weighted by atomic mass is 31.2. The molecule has 0 spiro atoms. The molecule has 0 bridgehead atoms. The fraction of sp³-hybridized carbons (Fsp3) is 0.946. The SMILES string of the molecule is CCCCCCCCCCCCCCCCCCCCCCC(=O)O[C@H](COC(=O)CCCCCCCCCCCCCCCCCCC(C)C)COP(=O)(O)OC[C@@H](O)COP(=O)(O)OC[C@@H](COC(=O)CCCCCCC)OC(=O)CCCCCCCCC(C)C. The van der Waals surface area contributed by atoms with Crippen molar-refractivity contribution in [2.45, 2.75) is 400 Å². The first kappa shape index (κ1) is 91.1. The molecule has 0 rings (SSSR count). The first-order chi connectivity index (χ1) is 44.9. The van der Waals surface area contributed by atoms with E-state index >= 15 is 0 Å². The number of esters is 4. The molecule has 5 atom stereocenters. The second kappa shape index (κ2) is 66.0. The first-order valence-electron chi connectivity index (χ1n) is 38.5. The number of ether oxygens (including phenoxy) is 4. The summed E-state index contributed by atoms with van der Waals surface area (Å²) in [6, 6.07) is 0. The highest BCUT2D eigenvalue weighted by Crippen LogP contribution is 2.45. The number of carbonyl (C=O) groups is 4. The van der Waals surface area contributed by atoms with Gasteiger partial charge in [0.05, 0.1) is 26.4 Å². The average molecular weight is 1370 g/mol. The summed E-state index contributed by atoms with van der Waals surface area (Å²) < 4.78 is 68.1. The van der Waals surface area contributed by atoms with Gasteiger partial charge in [-0.15, -0.1) is 0 Å². The second-order valence-electron chi connectivity index (χ2n) is 27.6. The minimum Gasteiger partial charge on any atom is -0.462 e. The quantitative estimate of drug-likeness (QED) is 0.0222. The average Bonchev–Trinajstić information content (AvgIpc) is 1.92. The minimum absolute atomic E-state index is 0.101. The predicted octanol–water partition coefficient (Wildman–Crippen LogP) is 21.6. The molecule has 93 heavy (non-hydrogen) atoms. The fourth-order valence-electron chi connectivity index (χ4n) is 11.3. The standard InChI is InChI=1S/C74H144O17P2/c1-7-9-11-13-14-15-16-17-18-19-20-21-22-27-30-33-36-39-46-52-58-73(78)90-70(63-85-72(77)57-51-45-38-35-32-29-26-24-23-25-28-31-34-37-43-48-54-66(3)4)65-89-93(82,83)87-61-68(75)60-86-92(80,81)88-64-69(62-84-71(76)56-50-42-12-10-8-2)91-74(79)59-53-47-41-40-44-49-55-67(5)6/h66-70,75H,7-65H2,1-6H3,(H,80,81)(H,82,83)/t68-,69+,70+/m0/s1. The number of unbranched alkanes of at least 4 members (excludes halogenated alkanes) is 43. The van der Waals surface area contributed by atoms with Gasteiger partial charge in [0.15, 0.2) is 12.2 Å². The zero-order chi connectivity index (χ0) is 68.6. The molecule has 0 aromatic heterocycles. The number of hydrogen-bond donors (Lipinski definition) is 3. The van der Waals surface area contributed by atoms with Gasteiger partial charge in [0.1, 0.15) is 19.3 Å². The number of aliphatic hydroxyl groups excluding tert-OH is 1. The molecule has 0 aromatic carbocycles. The van der Waals surface area contributed by atoms with Crippen molar-refractivity contribution in [2.24, 2.45) is 11.8 Å². The molecular weight excluding hydrogens is 1220 g/mol. The van der Waals surface area contributed by atoms with Gasteiger partial charge >= 0.3 is 39.5 Å². The summed E-state index contributed by atoms with van der Waals surface area (Å²) in [6.45, 7) is 9.42. The van der Waals surface area contributed by atoms with Crippen molar-refractivity contribution < 1.29 is 80.2 Å². The van der Waals surface area contributed by atoms with Crippen molar-refractivity contribution in [3.8, 4) is 0 Å². The Bertz CT molecular complexity index is 1800. The van der Waals surface area contributed by atoms with Crippen molar-refractivity contribution in [3.63, 3.8) is 0 Å². The van der Waals surface area contributed by atoms with Gasteiger partial charge in [-0.3, -0.25) is 37.3 Å². The van der Waals surface area contributed by atoms with Crippen LogP contribution in [0, 0.1) is 11.8 Å². The smallest absolute Gasteiger partial charge is 0.462 e. The molecule has 0 fully saturated rings. The molecule has 19 heteroatoms. The molecule has 0 aromatic rings. The van der Waals surface area contributed by atoms with Crippen LogP contribution in [0.3, 0.4) is 0 Å². The van der Waals surface area contributed by atoms with Gasteiger partial charge in [0.25, 0.3) is 0 Å². The van der Waals surface area contributed by atoms with Crippen LogP contribution >= 0.6 is 15.6 Å². The summed E-state index contributed by atoms with van der Waals surface area (Å²) in [5.74, 6) is -0.653. The molecule has 0 saturated carbocycles. The van der Waals surface area contributed by atoms with Gasteiger partial charge in [-0.05, 0) is 37.5 Å². The largest absolute Gasteiger partial charge is 0.472 e. The van der Waals surface area contributed by atoms with Crippen molar-refractivity contribution in [1.29, 1.82) is 0 Å². The molecule has 0 radical (unpaired) electrons. The molecule has 17 nitrogen and oxygen atoms in total. The molecule has 0 amide bonds. The molecule has 0 aliphatic heterocycles. The molecule has 2 unspecified atom stereocenters. The third-order valence-corrected chi connectivity index (χ3v) is 19.1. The topological polar surface area (TPSA) is 237 Å². The van der Waals surface area contributed by atoms with Crippen LogP contribution in [0.2, 0.25) is 0 Å². The summed E-state index contributed by atoms with van der Waals surface area (Å²) in [6.07, 6.45) is 53.6. The van der Waals surface area contributed by atoms with E-state index in [1.807, 2.05) is 0 Å². The van der Waals surface area contributed by atoms with Crippen LogP contribution in [0.4, 0.5) is 0 Å². The van der Waals surface area contributed by atoms with E-state index in [4.69, 9.17) is 37.0 Å². The van der Waals surface area contributed by atoms with Crippen LogP contribution in [0.1, 0.15) is 382 Å². The summed E-state index contributed by atoms with van der Waals surface area (Å²) in [5, 5.41) is 10.6. The zero-order valence-corrected chi connectivity index (χ0v) is 62.3. The van der Waals surface area contributed by atoms with Crippen molar-refractivity contribution in [3.05, 3.63) is 0 Å². The van der Waals surface area contributed by atoms with Gasteiger partial charge in [0.2, 0.25) is 0 Å². The number of rotatable bonds is 73. The van der Waals surface area contributed by atoms with Crippen LogP contribution in [0.5, 0.6) is 0 Å². The Labute approximate surface area is 568 Å². The van der Waals surface area contributed by atoms with Gasteiger partial charge in [-0.2, -0.15) is 0 Å². The van der Waals surface area contributed by atoms with Gasteiger partial charge in [-0.25, -0.2) is 9.13 Å². The summed E-state index contributed by atoms with van der Waals surface area (Å²) in [5.41, 5.74) is 0. The van der Waals surface area contributed by atoms with Crippen LogP contribution < -0.4 is 0 Å². The number of phosphoric ester groups is 2. The third-order valence-electron chi connectivity index (χ3n) is 17.2. The molecule has 552 valence electrons. The van der Waals surface area contributed by atoms with Gasteiger partial charge in [-0.1, -0.05) is 330 Å². The minimum atomic E-state index is -4.95. The van der Waals surface area contributed by atoms with Crippen LogP contribution in [-0.2, 0) is 65.4 Å². The first-order valence-corrected chi connectivity index (χ1v) is 41.5. The maximum absolute atomic E-state index is 13.1. The molecular formula is C74H144O17P2. The van der Waals surface area contributed by atoms with E-state index in [0.717, 1.165) is 102 Å². The Hall–Kier alpha value is -1.94. The summed E-state index contributed by atoms with van der Waals surface area (Å²) in [7, 11) is -9.89. The van der Waals surface area contributed by atoms with Crippen molar-refractivity contribution in [1.82, 2.24) is 0 Å². The van der Waals surface area contributed by atoms with E-state index in [1.54, 1.807) is 0 Å². The summed E-state index contributed by atoms with van der Waals surface area (Å²) in [4.78, 5) is 72.3. The fourth-order valence-corrected chi connectivity index (χ4v) is 12.9. The predicted molar refractivity (Wildman–Crippen MR) is 377 cm³/mol. The highest BCUT2D eigenvalue weighted by Gasteiger charge is 2.30. The van der Waals surface area contributed by atoms with Gasteiger partial charge < -0.3 is 33.8 Å². The summed E-state index contributed by atoms with van der Waals surface area (Å²) >= 11 is 0. The molecule has 0 saturated heterocycles. The molecule has 0 aliphatic rings. The van der Waals surface area contributed by atoms with E-state index < -0.39 is 97.5 Å². The van der Waals surface area contributed by atoms with E-state index in [1.165, 1.54) is 193 Å². The zero-order valence-electron chi connectivity index (χ0n) is 60.6. The van der Waals surface area contributed by atoms with E-state index in [-0.39, 0.29) is 25.7 Å². The molecule has 0 heterocycles. The number of phosphoric acid groups is 2. The third kappa shape index (κ3) is 68.4. The Balaban J connectivity index is 5.10. The van der Waals surface area contributed by atoms with Crippen LogP contribution in [0.25, 0.3) is 0 Å². The van der Waals surface area contributed by atoms with Gasteiger partial charge in [0, 0.05) is 25.7 Å². The molecule has 3 N–H and O–H groups in total. The number of hydrogen-bond acceptors (Lipinski definition) is 15. The number of carbonyl (C=O) groups excluding carboxylic acids is 4. The Morgan fingerprint density at radius 3 is 0.731 bits per heavy atom. The lowest BCUT2D eigenvalue weighted by molar-refractivity contribution is -0.161. The van der Waals surface area contributed by atoms with Crippen LogP contribution in [0.15, 0.2) is 0 Å². The second-order valence-corrected chi connectivity index (χ2v) is 30.5. The Morgan fingerprint density at radius 1 is 0.290 bits per heavy atom. The Morgan fingerprint density at radius 2 is 0.495 bits per heavy atom.